The Morgan fingerprint density at radius 2 is 1.62 bits per heavy atom. The molecule has 21 heavy (non-hydrogen) atoms. The van der Waals surface area contributed by atoms with Crippen LogP contribution < -0.4 is 15.4 Å². The number of unbranched alkanes of at least 4 members (excludes halogenated alkanes) is 2. The van der Waals surface area contributed by atoms with Crippen molar-refractivity contribution in [2.24, 2.45) is 0 Å². The number of rotatable bonds is 8. The van der Waals surface area contributed by atoms with Gasteiger partial charge in [0, 0.05) is 13.1 Å². The lowest BCUT2D eigenvalue weighted by molar-refractivity contribution is -0.139. The van der Waals surface area contributed by atoms with Crippen molar-refractivity contribution >= 4 is 11.8 Å². The molecule has 1 rings (SSSR count). The van der Waals surface area contributed by atoms with Crippen molar-refractivity contribution in [3.63, 3.8) is 0 Å². The summed E-state index contributed by atoms with van der Waals surface area (Å²) in [5.74, 6) is -0.324. The van der Waals surface area contributed by atoms with E-state index >= 15 is 0 Å². The van der Waals surface area contributed by atoms with E-state index in [4.69, 9.17) is 4.74 Å². The average Bonchev–Trinajstić information content (AvgIpc) is 2.52. The predicted octanol–water partition coefficient (Wildman–Crippen LogP) is 1.66. The molecule has 1 aromatic rings. The fourth-order valence-corrected chi connectivity index (χ4v) is 1.85. The number of amides is 2. The summed E-state index contributed by atoms with van der Waals surface area (Å²) in [6, 6.07) is 7.63. The second kappa shape index (κ2) is 9.80. The average molecular weight is 292 g/mol. The number of methoxy groups -OCH3 is 1. The van der Waals surface area contributed by atoms with E-state index in [2.05, 4.69) is 17.6 Å². The number of benzene rings is 1. The van der Waals surface area contributed by atoms with Gasteiger partial charge in [0.05, 0.1) is 7.11 Å². The van der Waals surface area contributed by atoms with Gasteiger partial charge in [-0.3, -0.25) is 9.59 Å². The first-order chi connectivity index (χ1) is 10.2. The zero-order valence-corrected chi connectivity index (χ0v) is 12.8. The van der Waals surface area contributed by atoms with E-state index in [9.17, 15) is 9.59 Å². The Bertz CT molecular complexity index is 443. The van der Waals surface area contributed by atoms with Gasteiger partial charge >= 0.3 is 11.8 Å². The molecule has 116 valence electrons. The fraction of sp³-hybridized carbons (Fsp3) is 0.500. The Hall–Kier alpha value is -2.04. The highest BCUT2D eigenvalue weighted by molar-refractivity contribution is 6.35. The van der Waals surface area contributed by atoms with E-state index in [1.165, 1.54) is 0 Å². The Kier molecular flexibility index (Phi) is 7.94. The predicted molar refractivity (Wildman–Crippen MR) is 82.2 cm³/mol. The van der Waals surface area contributed by atoms with Crippen molar-refractivity contribution in [1.29, 1.82) is 0 Å². The molecule has 0 heterocycles. The molecule has 0 radical (unpaired) electrons. The monoisotopic (exact) mass is 292 g/mol. The topological polar surface area (TPSA) is 67.4 Å². The van der Waals surface area contributed by atoms with Crippen LogP contribution in [0, 0.1) is 0 Å². The Balaban J connectivity index is 2.21. The molecule has 5 heteroatoms. The molecule has 0 spiro atoms. The number of carbonyl (C=O) groups excluding carboxylic acids is 2. The number of hydrogen-bond acceptors (Lipinski definition) is 3. The number of hydrogen-bond donors (Lipinski definition) is 2. The van der Waals surface area contributed by atoms with Crippen LogP contribution in [0.1, 0.15) is 31.7 Å². The second-order valence-corrected chi connectivity index (χ2v) is 4.82. The summed E-state index contributed by atoms with van der Waals surface area (Å²) in [4.78, 5) is 23.0. The van der Waals surface area contributed by atoms with Gasteiger partial charge in [-0.1, -0.05) is 31.9 Å². The van der Waals surface area contributed by atoms with Crippen LogP contribution in [0.2, 0.25) is 0 Å². The lowest BCUT2D eigenvalue weighted by atomic mass is 10.1. The molecule has 0 aromatic heterocycles. The molecule has 0 atom stereocenters. The molecular weight excluding hydrogens is 268 g/mol. The van der Waals surface area contributed by atoms with Gasteiger partial charge in [-0.2, -0.15) is 0 Å². The molecule has 0 saturated heterocycles. The minimum absolute atomic E-state index is 0.438. The van der Waals surface area contributed by atoms with Crippen molar-refractivity contribution in [3.8, 4) is 5.75 Å². The van der Waals surface area contributed by atoms with Crippen LogP contribution in [0.25, 0.3) is 0 Å². The smallest absolute Gasteiger partial charge is 0.309 e. The molecule has 0 aliphatic heterocycles. The Labute approximate surface area is 126 Å². The standard InChI is InChI=1S/C16H24N2O3/c1-3-4-5-11-17-15(19)16(20)18-12-10-13-6-8-14(21-2)9-7-13/h6-9H,3-5,10-12H2,1-2H3,(H,17,19)(H,18,20). The highest BCUT2D eigenvalue weighted by Gasteiger charge is 2.11. The molecule has 0 bridgehead atoms. The first-order valence-corrected chi connectivity index (χ1v) is 7.36. The maximum atomic E-state index is 11.6. The van der Waals surface area contributed by atoms with E-state index < -0.39 is 11.8 Å². The summed E-state index contributed by atoms with van der Waals surface area (Å²) in [6.07, 6.45) is 3.73. The van der Waals surface area contributed by atoms with Gasteiger partial charge in [0.1, 0.15) is 5.75 Å². The van der Waals surface area contributed by atoms with Crippen LogP contribution in [-0.2, 0) is 16.0 Å². The zero-order chi connectivity index (χ0) is 15.5. The van der Waals surface area contributed by atoms with Crippen molar-refractivity contribution in [3.05, 3.63) is 29.8 Å². The quantitative estimate of drug-likeness (QED) is 0.565. The molecule has 2 amide bonds. The summed E-state index contributed by atoms with van der Waals surface area (Å²) in [7, 11) is 1.62. The maximum absolute atomic E-state index is 11.6. The highest BCUT2D eigenvalue weighted by atomic mass is 16.5. The van der Waals surface area contributed by atoms with Gasteiger partial charge in [-0.15, -0.1) is 0 Å². The van der Waals surface area contributed by atoms with Crippen molar-refractivity contribution in [2.45, 2.75) is 32.6 Å². The van der Waals surface area contributed by atoms with E-state index in [1.807, 2.05) is 24.3 Å². The first kappa shape index (κ1) is 17.0. The third kappa shape index (κ3) is 6.79. The Morgan fingerprint density at radius 1 is 1.00 bits per heavy atom. The molecule has 0 saturated carbocycles. The van der Waals surface area contributed by atoms with Crippen molar-refractivity contribution in [2.75, 3.05) is 20.2 Å². The molecule has 0 aliphatic rings. The summed E-state index contributed by atoms with van der Waals surface area (Å²) in [5.41, 5.74) is 1.08. The van der Waals surface area contributed by atoms with Gasteiger partial charge in [0.2, 0.25) is 0 Å². The maximum Gasteiger partial charge on any atom is 0.309 e. The van der Waals surface area contributed by atoms with E-state index in [1.54, 1.807) is 7.11 Å². The molecule has 2 N–H and O–H groups in total. The Morgan fingerprint density at radius 3 is 2.19 bits per heavy atom. The van der Waals surface area contributed by atoms with Crippen molar-refractivity contribution < 1.29 is 14.3 Å². The molecular formula is C16H24N2O3. The van der Waals surface area contributed by atoms with Gasteiger partial charge in [-0.25, -0.2) is 0 Å². The largest absolute Gasteiger partial charge is 0.497 e. The van der Waals surface area contributed by atoms with Crippen LogP contribution in [-0.4, -0.2) is 32.0 Å². The zero-order valence-electron chi connectivity index (χ0n) is 12.8. The van der Waals surface area contributed by atoms with Crippen LogP contribution >= 0.6 is 0 Å². The SMILES string of the molecule is CCCCCNC(=O)C(=O)NCCc1ccc(OC)cc1. The third-order valence-corrected chi connectivity index (χ3v) is 3.13. The molecule has 0 aliphatic carbocycles. The minimum atomic E-state index is -0.569. The normalized spacial score (nSPS) is 10.0. The van der Waals surface area contributed by atoms with E-state index in [0.717, 1.165) is 30.6 Å². The summed E-state index contributed by atoms with van der Waals surface area (Å²) in [5, 5.41) is 5.23. The fourth-order valence-electron chi connectivity index (χ4n) is 1.85. The first-order valence-electron chi connectivity index (χ1n) is 7.36. The van der Waals surface area contributed by atoms with Crippen LogP contribution in [0.3, 0.4) is 0 Å². The molecule has 5 nitrogen and oxygen atoms in total. The van der Waals surface area contributed by atoms with Crippen molar-refractivity contribution in [1.82, 2.24) is 10.6 Å². The second-order valence-electron chi connectivity index (χ2n) is 4.82. The molecule has 0 fully saturated rings. The van der Waals surface area contributed by atoms with Gasteiger partial charge < -0.3 is 15.4 Å². The van der Waals surface area contributed by atoms with Gasteiger partial charge in [0.15, 0.2) is 0 Å². The lowest BCUT2D eigenvalue weighted by Crippen LogP contribution is -2.40. The van der Waals surface area contributed by atoms with Crippen LogP contribution in [0.15, 0.2) is 24.3 Å². The number of nitrogens with one attached hydrogen (secondary N) is 2. The number of ether oxygens (including phenoxy) is 1. The van der Waals surface area contributed by atoms with E-state index in [-0.39, 0.29) is 0 Å². The van der Waals surface area contributed by atoms with Gasteiger partial charge in [0.25, 0.3) is 0 Å². The van der Waals surface area contributed by atoms with Crippen LogP contribution in [0.5, 0.6) is 5.75 Å². The molecule has 1 aromatic carbocycles. The number of carbonyl (C=O) groups is 2. The highest BCUT2D eigenvalue weighted by Crippen LogP contribution is 2.11. The summed E-state index contributed by atoms with van der Waals surface area (Å²) >= 11 is 0. The third-order valence-electron chi connectivity index (χ3n) is 3.13. The summed E-state index contributed by atoms with van der Waals surface area (Å²) < 4.78 is 5.08. The van der Waals surface area contributed by atoms with Crippen LogP contribution in [0.4, 0.5) is 0 Å². The van der Waals surface area contributed by atoms with E-state index in [0.29, 0.717) is 19.5 Å². The van der Waals surface area contributed by atoms with Gasteiger partial charge in [-0.05, 0) is 30.5 Å². The summed E-state index contributed by atoms with van der Waals surface area (Å²) in [6.45, 7) is 3.08. The molecule has 0 unspecified atom stereocenters. The minimum Gasteiger partial charge on any atom is -0.497 e. The lowest BCUT2D eigenvalue weighted by Gasteiger charge is -2.07.